The first-order chi connectivity index (χ1) is 15.8. The van der Waals surface area contributed by atoms with E-state index in [0.717, 1.165) is 4.90 Å². The zero-order valence-electron chi connectivity index (χ0n) is 18.8. The van der Waals surface area contributed by atoms with Gasteiger partial charge in [-0.15, -0.1) is 11.8 Å². The van der Waals surface area contributed by atoms with E-state index in [1.165, 1.54) is 27.7 Å². The van der Waals surface area contributed by atoms with Crippen LogP contribution in [0.2, 0.25) is 0 Å². The lowest BCUT2D eigenvalue weighted by Crippen LogP contribution is -2.43. The van der Waals surface area contributed by atoms with Crippen LogP contribution in [0, 0.1) is 5.92 Å². The number of amides is 2. The summed E-state index contributed by atoms with van der Waals surface area (Å²) < 4.78 is 27.8. The van der Waals surface area contributed by atoms with Crippen molar-refractivity contribution < 1.29 is 18.0 Å². The Hall–Kier alpha value is -2.36. The molecule has 0 radical (unpaired) electrons. The molecule has 2 aromatic carbocycles. The van der Waals surface area contributed by atoms with Crippen molar-refractivity contribution in [1.82, 2.24) is 9.62 Å². The van der Waals surface area contributed by atoms with E-state index in [9.17, 15) is 18.0 Å². The number of carbonyl (C=O) groups is 2. The van der Waals surface area contributed by atoms with Crippen molar-refractivity contribution in [2.75, 3.05) is 25.0 Å². The highest BCUT2D eigenvalue weighted by atomic mass is 32.2. The average molecular weight is 488 g/mol. The van der Waals surface area contributed by atoms with E-state index < -0.39 is 10.0 Å². The molecule has 2 aromatic rings. The number of nitrogens with zero attached hydrogens (tertiary/aromatic N) is 1. The highest BCUT2D eigenvalue weighted by Crippen LogP contribution is 2.37. The lowest BCUT2D eigenvalue weighted by molar-refractivity contribution is -0.126. The zero-order valence-corrected chi connectivity index (χ0v) is 20.4. The summed E-state index contributed by atoms with van der Waals surface area (Å²) in [5.74, 6) is -0.130. The van der Waals surface area contributed by atoms with Gasteiger partial charge >= 0.3 is 0 Å². The van der Waals surface area contributed by atoms with Gasteiger partial charge in [-0.25, -0.2) is 8.42 Å². The average Bonchev–Trinajstić information content (AvgIpc) is 2.83. The van der Waals surface area contributed by atoms with E-state index in [4.69, 9.17) is 0 Å². The first kappa shape index (κ1) is 23.8. The molecule has 0 bridgehead atoms. The molecule has 7 nitrogen and oxygen atoms in total. The summed E-state index contributed by atoms with van der Waals surface area (Å²) >= 11 is 1.42. The zero-order chi connectivity index (χ0) is 23.6. The lowest BCUT2D eigenvalue weighted by atomic mass is 9.96. The molecule has 0 aromatic heterocycles. The lowest BCUT2D eigenvalue weighted by Gasteiger charge is -2.31. The van der Waals surface area contributed by atoms with Gasteiger partial charge in [0, 0.05) is 30.4 Å². The summed E-state index contributed by atoms with van der Waals surface area (Å²) in [6, 6.07) is 14.9. The topological polar surface area (TPSA) is 95.6 Å². The number of benzene rings is 2. The van der Waals surface area contributed by atoms with Crippen LogP contribution in [0.5, 0.6) is 0 Å². The minimum Gasteiger partial charge on any atom is -0.355 e. The van der Waals surface area contributed by atoms with Crippen LogP contribution in [0.15, 0.2) is 58.3 Å². The van der Waals surface area contributed by atoms with Gasteiger partial charge in [0.1, 0.15) is 0 Å². The Morgan fingerprint density at radius 3 is 2.58 bits per heavy atom. The van der Waals surface area contributed by atoms with Crippen LogP contribution in [0.25, 0.3) is 0 Å². The molecule has 2 aliphatic heterocycles. The molecule has 1 fully saturated rings. The highest BCUT2D eigenvalue weighted by molar-refractivity contribution is 8.01. The molecule has 2 atom stereocenters. The van der Waals surface area contributed by atoms with Crippen LogP contribution in [0.1, 0.15) is 38.2 Å². The summed E-state index contributed by atoms with van der Waals surface area (Å²) in [6.07, 6.45) is 0.972. The number of rotatable bonds is 6. The quantitative estimate of drug-likeness (QED) is 0.651. The maximum Gasteiger partial charge on any atom is 0.243 e. The summed E-state index contributed by atoms with van der Waals surface area (Å²) in [7, 11) is -3.70. The standard InChI is InChI=1S/C24H29N3O4S2/c1-16(18-6-4-3-5-7-18)15-25-24(29)19-10-12-27(13-11-19)33(30,31)20-8-9-22-21(14-20)26-23(28)17(2)32-22/h3-9,14,16-17,19H,10-13,15H2,1-2H3,(H,25,29)(H,26,28)/t16-,17-/m1/s1. The number of hydrogen-bond acceptors (Lipinski definition) is 5. The maximum absolute atomic E-state index is 13.2. The summed E-state index contributed by atoms with van der Waals surface area (Å²) in [5, 5.41) is 5.61. The van der Waals surface area contributed by atoms with Crippen molar-refractivity contribution in [2.24, 2.45) is 5.92 Å². The number of carbonyl (C=O) groups excluding carboxylic acids is 2. The Balaban J connectivity index is 1.34. The summed E-state index contributed by atoms with van der Waals surface area (Å²) in [6.45, 7) is 5.04. The van der Waals surface area contributed by atoms with Gasteiger partial charge in [-0.2, -0.15) is 4.31 Å². The SMILES string of the molecule is C[C@H](CNC(=O)C1CCN(S(=O)(=O)c2ccc3c(c2)NC(=O)[C@@H](C)S3)CC1)c1ccccc1. The molecule has 2 aliphatic rings. The number of piperidine rings is 1. The van der Waals surface area contributed by atoms with E-state index in [1.54, 1.807) is 12.1 Å². The number of hydrogen-bond donors (Lipinski definition) is 2. The van der Waals surface area contributed by atoms with Gasteiger partial charge in [0.2, 0.25) is 21.8 Å². The fourth-order valence-corrected chi connectivity index (χ4v) is 6.58. The monoisotopic (exact) mass is 487 g/mol. The smallest absolute Gasteiger partial charge is 0.243 e. The van der Waals surface area contributed by atoms with E-state index in [1.807, 2.05) is 37.3 Å². The van der Waals surface area contributed by atoms with E-state index in [0.29, 0.717) is 38.2 Å². The van der Waals surface area contributed by atoms with Gasteiger partial charge in [-0.3, -0.25) is 9.59 Å². The number of thioether (sulfide) groups is 1. The number of anilines is 1. The van der Waals surface area contributed by atoms with Gasteiger partial charge in [0.25, 0.3) is 0 Å². The van der Waals surface area contributed by atoms with Gasteiger partial charge in [0.05, 0.1) is 15.8 Å². The number of nitrogens with one attached hydrogen (secondary N) is 2. The fraction of sp³-hybridized carbons (Fsp3) is 0.417. The normalized spacial score (nSPS) is 20.5. The predicted octanol–water partition coefficient (Wildman–Crippen LogP) is 3.44. The summed E-state index contributed by atoms with van der Waals surface area (Å²) in [4.78, 5) is 25.6. The molecule has 0 aliphatic carbocycles. The Kier molecular flexibility index (Phi) is 7.11. The third-order valence-corrected chi connectivity index (χ3v) is 9.37. The third-order valence-electron chi connectivity index (χ3n) is 6.30. The number of sulfonamides is 1. The molecule has 1 saturated heterocycles. The predicted molar refractivity (Wildman–Crippen MR) is 130 cm³/mol. The molecular weight excluding hydrogens is 458 g/mol. The molecule has 176 valence electrons. The summed E-state index contributed by atoms with van der Waals surface area (Å²) in [5.41, 5.74) is 1.71. The minimum absolute atomic E-state index is 0.0162. The van der Waals surface area contributed by atoms with Crippen molar-refractivity contribution in [3.8, 4) is 0 Å². The van der Waals surface area contributed by atoms with Crippen LogP contribution < -0.4 is 10.6 Å². The second kappa shape index (κ2) is 9.87. The van der Waals surface area contributed by atoms with Crippen molar-refractivity contribution >= 4 is 39.3 Å². The second-order valence-corrected chi connectivity index (χ2v) is 12.0. The minimum atomic E-state index is -3.70. The molecule has 33 heavy (non-hydrogen) atoms. The molecule has 2 N–H and O–H groups in total. The van der Waals surface area contributed by atoms with Crippen LogP contribution in [0.3, 0.4) is 0 Å². The number of fused-ring (bicyclic) bond motifs is 1. The van der Waals surface area contributed by atoms with E-state index in [2.05, 4.69) is 17.6 Å². The fourth-order valence-electron chi connectivity index (χ4n) is 4.15. The molecule has 0 unspecified atom stereocenters. The van der Waals surface area contributed by atoms with Crippen molar-refractivity contribution in [3.05, 3.63) is 54.1 Å². The van der Waals surface area contributed by atoms with Crippen LogP contribution in [-0.2, 0) is 19.6 Å². The molecule has 2 amide bonds. The Bertz CT molecular complexity index is 1130. The van der Waals surface area contributed by atoms with Crippen LogP contribution in [0.4, 0.5) is 5.69 Å². The molecule has 2 heterocycles. The largest absolute Gasteiger partial charge is 0.355 e. The first-order valence-electron chi connectivity index (χ1n) is 11.2. The molecule has 4 rings (SSSR count). The second-order valence-electron chi connectivity index (χ2n) is 8.64. The van der Waals surface area contributed by atoms with Crippen LogP contribution >= 0.6 is 11.8 Å². The Morgan fingerprint density at radius 1 is 1.18 bits per heavy atom. The van der Waals surface area contributed by atoms with Crippen molar-refractivity contribution in [2.45, 2.75) is 47.6 Å². The highest BCUT2D eigenvalue weighted by Gasteiger charge is 2.33. The van der Waals surface area contributed by atoms with Crippen LogP contribution in [-0.4, -0.2) is 49.4 Å². The molecule has 9 heteroatoms. The van der Waals surface area contributed by atoms with Gasteiger partial charge in [-0.05, 0) is 49.4 Å². The van der Waals surface area contributed by atoms with Gasteiger partial charge in [0.15, 0.2) is 0 Å². The van der Waals surface area contributed by atoms with Crippen molar-refractivity contribution in [1.29, 1.82) is 0 Å². The molecule has 0 spiro atoms. The Morgan fingerprint density at radius 2 is 1.88 bits per heavy atom. The molecular formula is C24H29N3O4S2. The third kappa shape index (κ3) is 5.26. The molecule has 0 saturated carbocycles. The van der Waals surface area contributed by atoms with E-state index in [-0.39, 0.29) is 33.8 Å². The van der Waals surface area contributed by atoms with Crippen molar-refractivity contribution in [3.63, 3.8) is 0 Å². The van der Waals surface area contributed by atoms with E-state index >= 15 is 0 Å². The van der Waals surface area contributed by atoms with Gasteiger partial charge in [-0.1, -0.05) is 37.3 Å². The van der Waals surface area contributed by atoms with Gasteiger partial charge < -0.3 is 10.6 Å². The first-order valence-corrected chi connectivity index (χ1v) is 13.5. The maximum atomic E-state index is 13.2. The Labute approximate surface area is 199 Å².